The molecule has 6 heteroatoms. The smallest absolute Gasteiger partial charge is 0.263 e. The number of nitrogens with zero attached hydrogens (tertiary/aromatic N) is 1. The van der Waals surface area contributed by atoms with Crippen molar-refractivity contribution in [1.82, 2.24) is 10.2 Å². The maximum absolute atomic E-state index is 13.7. The summed E-state index contributed by atoms with van der Waals surface area (Å²) in [5, 5.41) is 8.93. The molecule has 0 aliphatic carbocycles. The number of anilines is 1. The van der Waals surface area contributed by atoms with Gasteiger partial charge in [0, 0.05) is 5.56 Å². The molecule has 0 unspecified atom stereocenters. The number of benzene rings is 1. The second-order valence-electron chi connectivity index (χ2n) is 3.70. The van der Waals surface area contributed by atoms with Crippen molar-refractivity contribution in [3.05, 3.63) is 41.3 Å². The number of methoxy groups -OCH3 is 1. The van der Waals surface area contributed by atoms with E-state index in [0.717, 1.165) is 5.56 Å². The number of amides is 1. The number of ether oxygens (including phenoxy) is 1. The van der Waals surface area contributed by atoms with Crippen LogP contribution in [0, 0.1) is 12.7 Å². The molecule has 0 aliphatic heterocycles. The lowest BCUT2D eigenvalue weighted by molar-refractivity contribution is 0.101. The summed E-state index contributed by atoms with van der Waals surface area (Å²) in [5.41, 5.74) is 0.632. The van der Waals surface area contributed by atoms with Gasteiger partial charge in [-0.05, 0) is 19.1 Å². The maximum Gasteiger partial charge on any atom is 0.263 e. The van der Waals surface area contributed by atoms with E-state index in [1.807, 2.05) is 0 Å². The van der Waals surface area contributed by atoms with Gasteiger partial charge in [0.15, 0.2) is 0 Å². The molecule has 0 saturated heterocycles. The zero-order chi connectivity index (χ0) is 13.1. The Labute approximate surface area is 103 Å². The van der Waals surface area contributed by atoms with E-state index < -0.39 is 11.7 Å². The Hall–Kier alpha value is -2.37. The molecule has 0 fully saturated rings. The van der Waals surface area contributed by atoms with E-state index in [1.165, 1.54) is 25.3 Å². The third kappa shape index (κ3) is 2.17. The van der Waals surface area contributed by atoms with Crippen molar-refractivity contribution >= 4 is 11.7 Å². The van der Waals surface area contributed by atoms with Crippen molar-refractivity contribution in [2.24, 2.45) is 0 Å². The number of carbonyl (C=O) groups is 1. The highest BCUT2D eigenvalue weighted by Gasteiger charge is 2.18. The number of nitrogens with one attached hydrogen (secondary N) is 2. The fourth-order valence-electron chi connectivity index (χ4n) is 1.54. The van der Waals surface area contributed by atoms with Crippen molar-refractivity contribution in [3.63, 3.8) is 0 Å². The van der Waals surface area contributed by atoms with Gasteiger partial charge < -0.3 is 10.1 Å². The number of halogens is 1. The standard InChI is InChI=1S/C12H12FN3O2/c1-7-6-14-16-11(7)15-12(17)10-8(13)4-3-5-9(10)18-2/h3-6H,1-2H3,(H2,14,15,16,17). The molecular formula is C12H12FN3O2. The first-order valence-corrected chi connectivity index (χ1v) is 5.27. The summed E-state index contributed by atoms with van der Waals surface area (Å²) in [6, 6.07) is 4.21. The van der Waals surface area contributed by atoms with E-state index in [4.69, 9.17) is 4.74 Å². The SMILES string of the molecule is COc1cccc(F)c1C(=O)Nc1[nH]ncc1C. The molecule has 0 aliphatic rings. The van der Waals surface area contributed by atoms with Gasteiger partial charge in [-0.1, -0.05) is 6.07 Å². The second kappa shape index (κ2) is 4.87. The van der Waals surface area contributed by atoms with Crippen LogP contribution >= 0.6 is 0 Å². The van der Waals surface area contributed by atoms with Crippen LogP contribution in [0.25, 0.3) is 0 Å². The Balaban J connectivity index is 2.32. The average molecular weight is 249 g/mol. The van der Waals surface area contributed by atoms with Crippen LogP contribution in [0.1, 0.15) is 15.9 Å². The average Bonchev–Trinajstić information content (AvgIpc) is 2.74. The maximum atomic E-state index is 13.7. The molecule has 1 amide bonds. The van der Waals surface area contributed by atoms with Gasteiger partial charge in [0.05, 0.1) is 13.3 Å². The van der Waals surface area contributed by atoms with E-state index in [1.54, 1.807) is 13.1 Å². The first-order chi connectivity index (χ1) is 8.63. The molecule has 94 valence electrons. The number of H-pyrrole nitrogens is 1. The van der Waals surface area contributed by atoms with Crippen LogP contribution in [0.3, 0.4) is 0 Å². The highest BCUT2D eigenvalue weighted by molar-refractivity contribution is 6.06. The Morgan fingerprint density at radius 1 is 1.50 bits per heavy atom. The summed E-state index contributed by atoms with van der Waals surface area (Å²) < 4.78 is 18.6. The molecule has 1 aromatic heterocycles. The van der Waals surface area contributed by atoms with Crippen LogP contribution in [0.5, 0.6) is 5.75 Å². The van der Waals surface area contributed by atoms with Crippen LogP contribution in [-0.2, 0) is 0 Å². The topological polar surface area (TPSA) is 67.0 Å². The van der Waals surface area contributed by atoms with Crippen LogP contribution in [0.2, 0.25) is 0 Å². The van der Waals surface area contributed by atoms with Crippen molar-refractivity contribution in [3.8, 4) is 5.75 Å². The molecule has 2 aromatic rings. The third-order valence-electron chi connectivity index (χ3n) is 2.49. The number of rotatable bonds is 3. The fourth-order valence-corrected chi connectivity index (χ4v) is 1.54. The van der Waals surface area contributed by atoms with Crippen molar-refractivity contribution < 1.29 is 13.9 Å². The van der Waals surface area contributed by atoms with Gasteiger partial charge in [-0.15, -0.1) is 0 Å². The Morgan fingerprint density at radius 2 is 2.28 bits per heavy atom. The van der Waals surface area contributed by atoms with Gasteiger partial charge in [-0.3, -0.25) is 9.89 Å². The molecule has 2 rings (SSSR count). The summed E-state index contributed by atoms with van der Waals surface area (Å²) in [5.74, 6) is -0.601. The number of carbonyl (C=O) groups excluding carboxylic acids is 1. The third-order valence-corrected chi connectivity index (χ3v) is 2.49. The van der Waals surface area contributed by atoms with E-state index >= 15 is 0 Å². The van der Waals surface area contributed by atoms with Gasteiger partial charge >= 0.3 is 0 Å². The summed E-state index contributed by atoms with van der Waals surface area (Å²) >= 11 is 0. The minimum Gasteiger partial charge on any atom is -0.496 e. The summed E-state index contributed by atoms with van der Waals surface area (Å²) in [6.07, 6.45) is 1.56. The molecule has 0 radical (unpaired) electrons. The van der Waals surface area contributed by atoms with Crippen molar-refractivity contribution in [2.45, 2.75) is 6.92 Å². The van der Waals surface area contributed by atoms with Crippen LogP contribution in [0.4, 0.5) is 10.2 Å². The van der Waals surface area contributed by atoms with Crippen LogP contribution in [0.15, 0.2) is 24.4 Å². The molecule has 5 nitrogen and oxygen atoms in total. The zero-order valence-electron chi connectivity index (χ0n) is 9.95. The Morgan fingerprint density at radius 3 is 2.89 bits per heavy atom. The molecule has 0 saturated carbocycles. The van der Waals surface area contributed by atoms with Crippen LogP contribution in [-0.4, -0.2) is 23.2 Å². The highest BCUT2D eigenvalue weighted by atomic mass is 19.1. The fraction of sp³-hybridized carbons (Fsp3) is 0.167. The van der Waals surface area contributed by atoms with E-state index in [2.05, 4.69) is 15.5 Å². The first-order valence-electron chi connectivity index (χ1n) is 5.27. The molecule has 1 aromatic carbocycles. The largest absolute Gasteiger partial charge is 0.496 e. The normalized spacial score (nSPS) is 10.2. The molecule has 1 heterocycles. The lowest BCUT2D eigenvalue weighted by Gasteiger charge is -2.09. The van der Waals surface area contributed by atoms with Gasteiger partial charge in [-0.25, -0.2) is 4.39 Å². The number of hydrogen-bond acceptors (Lipinski definition) is 3. The summed E-state index contributed by atoms with van der Waals surface area (Å²) in [7, 11) is 1.38. The number of aromatic nitrogens is 2. The minimum absolute atomic E-state index is 0.131. The van der Waals surface area contributed by atoms with Gasteiger partial charge in [0.1, 0.15) is 22.9 Å². The lowest BCUT2D eigenvalue weighted by Crippen LogP contribution is -2.16. The highest BCUT2D eigenvalue weighted by Crippen LogP contribution is 2.22. The van der Waals surface area contributed by atoms with Crippen LogP contribution < -0.4 is 10.1 Å². The Kier molecular flexibility index (Phi) is 3.27. The van der Waals surface area contributed by atoms with Gasteiger partial charge in [-0.2, -0.15) is 5.10 Å². The number of hydrogen-bond donors (Lipinski definition) is 2. The molecule has 2 N–H and O–H groups in total. The quantitative estimate of drug-likeness (QED) is 0.875. The molecular weight excluding hydrogens is 237 g/mol. The molecule has 0 atom stereocenters. The van der Waals surface area contributed by atoms with E-state index in [-0.39, 0.29) is 11.3 Å². The van der Waals surface area contributed by atoms with Gasteiger partial charge in [0.25, 0.3) is 5.91 Å². The number of aromatic amines is 1. The Bertz CT molecular complexity index is 580. The molecule has 18 heavy (non-hydrogen) atoms. The second-order valence-corrected chi connectivity index (χ2v) is 3.70. The van der Waals surface area contributed by atoms with Crippen molar-refractivity contribution in [2.75, 3.05) is 12.4 Å². The lowest BCUT2D eigenvalue weighted by atomic mass is 10.1. The first kappa shape index (κ1) is 12.1. The summed E-state index contributed by atoms with van der Waals surface area (Å²) in [4.78, 5) is 12.0. The minimum atomic E-state index is -0.635. The molecule has 0 spiro atoms. The number of aryl methyl sites for hydroxylation is 1. The predicted octanol–water partition coefficient (Wildman–Crippen LogP) is 2.12. The van der Waals surface area contributed by atoms with E-state index in [0.29, 0.717) is 5.82 Å². The van der Waals surface area contributed by atoms with Crippen molar-refractivity contribution in [1.29, 1.82) is 0 Å². The molecule has 0 bridgehead atoms. The summed E-state index contributed by atoms with van der Waals surface area (Å²) in [6.45, 7) is 1.78. The zero-order valence-corrected chi connectivity index (χ0v) is 9.95. The monoisotopic (exact) mass is 249 g/mol. The van der Waals surface area contributed by atoms with E-state index in [9.17, 15) is 9.18 Å². The van der Waals surface area contributed by atoms with Gasteiger partial charge in [0.2, 0.25) is 0 Å². The predicted molar refractivity (Wildman–Crippen MR) is 64.2 cm³/mol.